The Bertz CT molecular complexity index is 690. The Morgan fingerprint density at radius 2 is 1.91 bits per heavy atom. The highest BCUT2D eigenvalue weighted by Gasteiger charge is 2.35. The molecule has 118 valence electrons. The molecule has 0 radical (unpaired) electrons. The standard InChI is InChI=1S/C14H14ClF3N3P/c1-8-4-5-10(11(6-8)22(2)3)20-12-9(14(16,17)18)7-19-13(15)21-12/h4-7H,1-3H3,(H,19,20,21). The molecule has 0 spiro atoms. The normalized spacial score (nSPS) is 11.8. The lowest BCUT2D eigenvalue weighted by molar-refractivity contribution is -0.137. The van der Waals surface area contributed by atoms with Crippen molar-refractivity contribution in [1.82, 2.24) is 9.97 Å². The molecule has 1 aromatic heterocycles. The summed E-state index contributed by atoms with van der Waals surface area (Å²) in [5.41, 5.74) is 0.704. The monoisotopic (exact) mass is 347 g/mol. The fourth-order valence-corrected chi connectivity index (χ4v) is 3.12. The van der Waals surface area contributed by atoms with Crippen LogP contribution in [0.4, 0.5) is 24.7 Å². The van der Waals surface area contributed by atoms with Gasteiger partial charge in [-0.2, -0.15) is 18.2 Å². The van der Waals surface area contributed by atoms with E-state index in [0.717, 1.165) is 10.9 Å². The largest absolute Gasteiger partial charge is 0.421 e. The molecule has 0 amide bonds. The third-order valence-corrected chi connectivity index (χ3v) is 4.47. The smallest absolute Gasteiger partial charge is 0.339 e. The first-order chi connectivity index (χ1) is 10.2. The van der Waals surface area contributed by atoms with Gasteiger partial charge >= 0.3 is 6.18 Å². The Labute approximate surface area is 132 Å². The molecule has 0 unspecified atom stereocenters. The summed E-state index contributed by atoms with van der Waals surface area (Å²) >= 11 is 5.64. The van der Waals surface area contributed by atoms with Gasteiger partial charge < -0.3 is 5.32 Å². The van der Waals surface area contributed by atoms with E-state index in [9.17, 15) is 13.2 Å². The number of aromatic nitrogens is 2. The number of aryl methyl sites for hydroxylation is 1. The average Bonchev–Trinajstić information content (AvgIpc) is 2.39. The van der Waals surface area contributed by atoms with Crippen molar-refractivity contribution in [3.8, 4) is 0 Å². The molecular weight excluding hydrogens is 334 g/mol. The van der Waals surface area contributed by atoms with E-state index in [1.807, 2.05) is 32.4 Å². The Morgan fingerprint density at radius 1 is 1.23 bits per heavy atom. The minimum Gasteiger partial charge on any atom is -0.339 e. The van der Waals surface area contributed by atoms with Crippen LogP contribution in [0.1, 0.15) is 11.1 Å². The van der Waals surface area contributed by atoms with Crippen molar-refractivity contribution in [2.24, 2.45) is 0 Å². The number of rotatable bonds is 3. The second kappa shape index (κ2) is 6.39. The van der Waals surface area contributed by atoms with Crippen LogP contribution in [0.3, 0.4) is 0 Å². The highest BCUT2D eigenvalue weighted by Crippen LogP contribution is 2.36. The van der Waals surface area contributed by atoms with Crippen LogP contribution in [0.25, 0.3) is 0 Å². The van der Waals surface area contributed by atoms with Gasteiger partial charge in [0.1, 0.15) is 11.4 Å². The van der Waals surface area contributed by atoms with E-state index in [2.05, 4.69) is 15.3 Å². The van der Waals surface area contributed by atoms with Crippen molar-refractivity contribution in [2.75, 3.05) is 18.6 Å². The number of anilines is 2. The molecule has 0 bridgehead atoms. The second-order valence-corrected chi connectivity index (χ2v) is 7.55. The quantitative estimate of drug-likeness (QED) is 0.653. The molecule has 2 rings (SSSR count). The van der Waals surface area contributed by atoms with Crippen LogP contribution in [-0.2, 0) is 6.18 Å². The van der Waals surface area contributed by atoms with Gasteiger partial charge in [-0.3, -0.25) is 0 Å². The van der Waals surface area contributed by atoms with E-state index in [-0.39, 0.29) is 11.1 Å². The summed E-state index contributed by atoms with van der Waals surface area (Å²) in [5.74, 6) is -0.338. The van der Waals surface area contributed by atoms with Crippen LogP contribution in [0, 0.1) is 6.92 Å². The van der Waals surface area contributed by atoms with Gasteiger partial charge in [-0.15, -0.1) is 0 Å². The molecular formula is C14H14ClF3N3P. The third-order valence-electron chi connectivity index (χ3n) is 2.95. The van der Waals surface area contributed by atoms with Gasteiger partial charge in [-0.25, -0.2) is 4.98 Å². The molecule has 0 aliphatic heterocycles. The van der Waals surface area contributed by atoms with Gasteiger partial charge in [0.2, 0.25) is 5.28 Å². The zero-order valence-corrected chi connectivity index (χ0v) is 13.8. The lowest BCUT2D eigenvalue weighted by Crippen LogP contribution is -2.14. The minimum absolute atomic E-state index is 0.237. The predicted octanol–water partition coefficient (Wildman–Crippen LogP) is 4.57. The Morgan fingerprint density at radius 3 is 2.50 bits per heavy atom. The summed E-state index contributed by atoms with van der Waals surface area (Å²) in [6.45, 7) is 6.01. The van der Waals surface area contributed by atoms with Crippen LogP contribution in [0.5, 0.6) is 0 Å². The number of nitrogens with one attached hydrogen (secondary N) is 1. The highest BCUT2D eigenvalue weighted by atomic mass is 35.5. The maximum Gasteiger partial charge on any atom is 0.421 e. The maximum absolute atomic E-state index is 13.0. The molecule has 3 nitrogen and oxygen atoms in total. The Hall–Kier alpha value is -1.39. The van der Waals surface area contributed by atoms with Crippen molar-refractivity contribution >= 4 is 36.3 Å². The van der Waals surface area contributed by atoms with E-state index in [0.29, 0.717) is 11.9 Å². The summed E-state index contributed by atoms with van der Waals surface area (Å²) in [6.07, 6.45) is -3.87. The van der Waals surface area contributed by atoms with Crippen LogP contribution >= 0.6 is 19.5 Å². The predicted molar refractivity (Wildman–Crippen MR) is 84.9 cm³/mol. The molecule has 0 saturated carbocycles. The van der Waals surface area contributed by atoms with Gasteiger partial charge in [0, 0.05) is 11.9 Å². The number of hydrogen-bond donors (Lipinski definition) is 1. The van der Waals surface area contributed by atoms with E-state index in [1.54, 1.807) is 6.07 Å². The average molecular weight is 348 g/mol. The number of halogens is 4. The van der Waals surface area contributed by atoms with Gasteiger partial charge in [0.25, 0.3) is 0 Å². The fraction of sp³-hybridized carbons (Fsp3) is 0.286. The third kappa shape index (κ3) is 3.87. The number of hydrogen-bond acceptors (Lipinski definition) is 3. The molecule has 0 atom stereocenters. The maximum atomic E-state index is 13.0. The molecule has 1 N–H and O–H groups in total. The first-order valence-electron chi connectivity index (χ1n) is 6.33. The number of nitrogens with zero attached hydrogens (tertiary/aromatic N) is 2. The van der Waals surface area contributed by atoms with E-state index in [1.165, 1.54) is 0 Å². The van der Waals surface area contributed by atoms with Crippen LogP contribution in [-0.4, -0.2) is 23.3 Å². The Balaban J connectivity index is 2.50. The number of benzene rings is 1. The summed E-state index contributed by atoms with van der Waals surface area (Å²) in [4.78, 5) is 7.11. The zero-order chi connectivity index (χ0) is 16.5. The Kier molecular flexibility index (Phi) is 4.93. The molecule has 0 aliphatic rings. The molecule has 22 heavy (non-hydrogen) atoms. The highest BCUT2D eigenvalue weighted by molar-refractivity contribution is 7.64. The van der Waals surface area contributed by atoms with E-state index < -0.39 is 19.7 Å². The van der Waals surface area contributed by atoms with Crippen molar-refractivity contribution < 1.29 is 13.2 Å². The van der Waals surface area contributed by atoms with Crippen LogP contribution in [0.15, 0.2) is 24.4 Å². The molecule has 0 aliphatic carbocycles. The second-order valence-electron chi connectivity index (χ2n) is 4.94. The van der Waals surface area contributed by atoms with Crippen LogP contribution in [0.2, 0.25) is 5.28 Å². The van der Waals surface area contributed by atoms with Gasteiger partial charge in [0.15, 0.2) is 0 Å². The van der Waals surface area contributed by atoms with Crippen molar-refractivity contribution in [2.45, 2.75) is 13.1 Å². The van der Waals surface area contributed by atoms with Crippen molar-refractivity contribution in [3.63, 3.8) is 0 Å². The van der Waals surface area contributed by atoms with E-state index in [4.69, 9.17) is 11.6 Å². The SMILES string of the molecule is Cc1ccc(Nc2nc(Cl)ncc2C(F)(F)F)c(P(C)C)c1. The lowest BCUT2D eigenvalue weighted by Gasteiger charge is -2.18. The van der Waals surface area contributed by atoms with Crippen molar-refractivity contribution in [3.05, 3.63) is 40.8 Å². The van der Waals surface area contributed by atoms with Crippen molar-refractivity contribution in [1.29, 1.82) is 0 Å². The first kappa shape index (κ1) is 17.0. The zero-order valence-electron chi connectivity index (χ0n) is 12.2. The summed E-state index contributed by atoms with van der Waals surface area (Å²) in [5, 5.41) is 3.49. The first-order valence-corrected chi connectivity index (χ1v) is 8.94. The molecule has 0 fully saturated rings. The molecule has 8 heteroatoms. The van der Waals surface area contributed by atoms with Gasteiger partial charge in [0.05, 0.1) is 0 Å². The van der Waals surface area contributed by atoms with Crippen LogP contribution < -0.4 is 10.6 Å². The summed E-state index contributed by atoms with van der Waals surface area (Å²) in [7, 11) is -0.494. The topological polar surface area (TPSA) is 37.8 Å². The molecule has 2 aromatic rings. The van der Waals surface area contributed by atoms with Gasteiger partial charge in [-0.1, -0.05) is 19.6 Å². The van der Waals surface area contributed by atoms with Gasteiger partial charge in [-0.05, 0) is 49.3 Å². The lowest BCUT2D eigenvalue weighted by atomic mass is 10.2. The fourth-order valence-electron chi connectivity index (χ4n) is 1.91. The molecule has 1 aromatic carbocycles. The molecule has 1 heterocycles. The van der Waals surface area contributed by atoms with E-state index >= 15 is 0 Å². The minimum atomic E-state index is -4.55. The summed E-state index contributed by atoms with van der Waals surface area (Å²) < 4.78 is 39.1. The molecule has 0 saturated heterocycles. The number of alkyl halides is 3. The summed E-state index contributed by atoms with van der Waals surface area (Å²) in [6, 6.07) is 5.55.